The van der Waals surface area contributed by atoms with Gasteiger partial charge in [0.15, 0.2) is 0 Å². The van der Waals surface area contributed by atoms with Crippen molar-refractivity contribution in [3.63, 3.8) is 0 Å². The van der Waals surface area contributed by atoms with Gasteiger partial charge in [0.25, 0.3) is 5.91 Å². The summed E-state index contributed by atoms with van der Waals surface area (Å²) in [7, 11) is 1.60. The third-order valence-electron chi connectivity index (χ3n) is 6.92. The van der Waals surface area contributed by atoms with E-state index in [0.717, 1.165) is 54.4 Å². The topological polar surface area (TPSA) is 72.9 Å². The van der Waals surface area contributed by atoms with Crippen molar-refractivity contribution in [1.82, 2.24) is 15.2 Å². The van der Waals surface area contributed by atoms with Crippen molar-refractivity contribution >= 4 is 5.91 Å². The number of nitrogens with one attached hydrogen (secondary N) is 1. The monoisotopic (exact) mass is 437 g/mol. The molecule has 3 aliphatic rings. The Morgan fingerprint density at radius 2 is 2.03 bits per heavy atom. The van der Waals surface area contributed by atoms with E-state index in [-0.39, 0.29) is 5.91 Å². The van der Waals surface area contributed by atoms with Crippen LogP contribution < -0.4 is 10.1 Å². The number of likely N-dealkylation sites (tertiary alicyclic amines) is 1. The van der Waals surface area contributed by atoms with Crippen molar-refractivity contribution in [1.29, 1.82) is 0 Å². The van der Waals surface area contributed by atoms with Crippen molar-refractivity contribution < 1.29 is 19.0 Å². The minimum Gasteiger partial charge on any atom is -0.462 e. The number of nitrogens with zero attached hydrogens (tertiary/aromatic N) is 2. The lowest BCUT2D eigenvalue weighted by molar-refractivity contribution is -0.231. The lowest BCUT2D eigenvalue weighted by Gasteiger charge is -2.47. The number of fused-ring (bicyclic) bond motifs is 1. The molecule has 1 N–H and O–H groups in total. The highest BCUT2D eigenvalue weighted by molar-refractivity contribution is 5.92. The Kier molecular flexibility index (Phi) is 6.13. The van der Waals surface area contributed by atoms with Gasteiger partial charge < -0.3 is 19.5 Å². The van der Waals surface area contributed by atoms with Gasteiger partial charge in [0.2, 0.25) is 5.79 Å². The molecular formula is C25H31N3O4. The fourth-order valence-electron chi connectivity index (χ4n) is 4.69. The number of carbonyl (C=O) groups excluding carboxylic acids is 1. The van der Waals surface area contributed by atoms with E-state index in [9.17, 15) is 4.79 Å². The van der Waals surface area contributed by atoms with Gasteiger partial charge in [-0.05, 0) is 36.6 Å². The number of benzene rings is 1. The highest BCUT2D eigenvalue weighted by atomic mass is 16.7. The Hall–Kier alpha value is -2.48. The molecule has 32 heavy (non-hydrogen) atoms. The Morgan fingerprint density at radius 3 is 2.72 bits per heavy atom. The molecule has 0 unspecified atom stereocenters. The van der Waals surface area contributed by atoms with Gasteiger partial charge in [-0.25, -0.2) is 0 Å². The largest absolute Gasteiger partial charge is 0.462 e. The smallest absolute Gasteiger partial charge is 0.269 e. The zero-order valence-corrected chi connectivity index (χ0v) is 18.6. The summed E-state index contributed by atoms with van der Waals surface area (Å²) in [5.74, 6) is 0.238. The molecule has 0 bridgehead atoms. The second-order valence-corrected chi connectivity index (χ2v) is 8.93. The summed E-state index contributed by atoms with van der Waals surface area (Å²) in [5, 5.41) is 2.78. The first-order valence-corrected chi connectivity index (χ1v) is 11.6. The third kappa shape index (κ3) is 4.37. The number of amides is 1. The SMILES string of the molecule is COCCNC(=O)c1ccc(-c2ccc3c(c2)COC2(CCN(C4CCC4)CC2)O3)cn1. The Labute approximate surface area is 189 Å². The van der Waals surface area contributed by atoms with E-state index in [1.807, 2.05) is 12.1 Å². The Bertz CT molecular complexity index is 950. The maximum atomic E-state index is 12.1. The number of carbonyl (C=O) groups is 1. The second kappa shape index (κ2) is 9.17. The number of rotatable bonds is 6. The predicted molar refractivity (Wildman–Crippen MR) is 120 cm³/mol. The lowest BCUT2D eigenvalue weighted by atomic mass is 9.89. The normalized spacial score (nSPS) is 20.3. The molecule has 1 saturated carbocycles. The molecule has 1 aliphatic carbocycles. The maximum absolute atomic E-state index is 12.1. The van der Waals surface area contributed by atoms with Gasteiger partial charge in [0.1, 0.15) is 11.4 Å². The molecular weight excluding hydrogens is 406 g/mol. The van der Waals surface area contributed by atoms with E-state index in [2.05, 4.69) is 27.3 Å². The molecule has 1 aromatic heterocycles. The first-order chi connectivity index (χ1) is 15.7. The number of ether oxygens (including phenoxy) is 3. The summed E-state index contributed by atoms with van der Waals surface area (Å²) in [4.78, 5) is 19.1. The quantitative estimate of drug-likeness (QED) is 0.699. The standard InChI is InChI=1S/C25H31N3O4/c1-30-14-11-26-24(29)22-7-5-19(16-27-22)18-6-8-23-20(15-18)17-31-25(32-23)9-12-28(13-10-25)21-3-2-4-21/h5-8,15-16,21H,2-4,9-14,17H2,1H3,(H,26,29). The molecule has 7 heteroatoms. The molecule has 2 fully saturated rings. The Morgan fingerprint density at radius 1 is 1.22 bits per heavy atom. The van der Waals surface area contributed by atoms with Gasteiger partial charge in [0.05, 0.1) is 13.2 Å². The van der Waals surface area contributed by atoms with Crippen molar-refractivity contribution in [2.75, 3.05) is 33.4 Å². The number of pyridine rings is 1. The van der Waals surface area contributed by atoms with Crippen LogP contribution in [0, 0.1) is 0 Å². The minimum absolute atomic E-state index is 0.200. The fourth-order valence-corrected chi connectivity index (χ4v) is 4.69. The van der Waals surface area contributed by atoms with Gasteiger partial charge in [-0.1, -0.05) is 18.6 Å². The van der Waals surface area contributed by atoms with E-state index < -0.39 is 5.79 Å². The van der Waals surface area contributed by atoms with Crippen LogP contribution in [-0.2, 0) is 16.1 Å². The molecule has 1 saturated heterocycles. The van der Waals surface area contributed by atoms with Crippen LogP contribution >= 0.6 is 0 Å². The van der Waals surface area contributed by atoms with Crippen LogP contribution in [0.1, 0.15) is 48.2 Å². The predicted octanol–water partition coefficient (Wildman–Crippen LogP) is 3.38. The number of piperidine rings is 1. The van der Waals surface area contributed by atoms with Crippen LogP contribution in [0.3, 0.4) is 0 Å². The molecule has 0 atom stereocenters. The third-order valence-corrected chi connectivity index (χ3v) is 6.92. The van der Waals surface area contributed by atoms with Crippen molar-refractivity contribution in [3.8, 4) is 16.9 Å². The summed E-state index contributed by atoms with van der Waals surface area (Å²) >= 11 is 0. The zero-order valence-electron chi connectivity index (χ0n) is 18.6. The second-order valence-electron chi connectivity index (χ2n) is 8.93. The van der Waals surface area contributed by atoms with E-state index in [1.54, 1.807) is 19.4 Å². The number of methoxy groups -OCH3 is 1. The molecule has 1 spiro atoms. The highest BCUT2D eigenvalue weighted by Gasteiger charge is 2.42. The van der Waals surface area contributed by atoms with Crippen LogP contribution in [0.2, 0.25) is 0 Å². The van der Waals surface area contributed by atoms with Gasteiger partial charge in [0, 0.05) is 63.0 Å². The average molecular weight is 438 g/mol. The van der Waals surface area contributed by atoms with Crippen LogP contribution in [0.5, 0.6) is 5.75 Å². The summed E-state index contributed by atoms with van der Waals surface area (Å²) in [5.41, 5.74) is 3.43. The summed E-state index contributed by atoms with van der Waals surface area (Å²) in [6, 6.07) is 10.6. The van der Waals surface area contributed by atoms with E-state index in [4.69, 9.17) is 14.2 Å². The molecule has 2 aromatic rings. The Balaban J connectivity index is 1.23. The fraction of sp³-hybridized carbons (Fsp3) is 0.520. The molecule has 2 aliphatic heterocycles. The molecule has 1 amide bonds. The lowest BCUT2D eigenvalue weighted by Crippen LogP contribution is -2.54. The number of hydrogen-bond acceptors (Lipinski definition) is 6. The zero-order chi connectivity index (χ0) is 22.0. The minimum atomic E-state index is -0.478. The number of aromatic nitrogens is 1. The first kappa shape index (κ1) is 21.4. The molecule has 5 rings (SSSR count). The molecule has 170 valence electrons. The van der Waals surface area contributed by atoms with E-state index in [1.165, 1.54) is 19.3 Å². The average Bonchev–Trinajstić information content (AvgIpc) is 2.79. The molecule has 1 aromatic carbocycles. The van der Waals surface area contributed by atoms with E-state index in [0.29, 0.717) is 25.5 Å². The van der Waals surface area contributed by atoms with E-state index >= 15 is 0 Å². The summed E-state index contributed by atoms with van der Waals surface area (Å²) in [6.45, 7) is 3.59. The maximum Gasteiger partial charge on any atom is 0.269 e. The van der Waals surface area contributed by atoms with Crippen LogP contribution in [0.15, 0.2) is 36.5 Å². The summed E-state index contributed by atoms with van der Waals surface area (Å²) in [6.07, 6.45) is 7.62. The molecule has 7 nitrogen and oxygen atoms in total. The van der Waals surface area contributed by atoms with Crippen molar-refractivity contribution in [2.45, 2.75) is 50.5 Å². The number of hydrogen-bond donors (Lipinski definition) is 1. The summed E-state index contributed by atoms with van der Waals surface area (Å²) < 4.78 is 17.6. The molecule has 0 radical (unpaired) electrons. The van der Waals surface area contributed by atoms with Crippen LogP contribution in [-0.4, -0.2) is 61.0 Å². The van der Waals surface area contributed by atoms with Crippen molar-refractivity contribution in [3.05, 3.63) is 47.8 Å². The first-order valence-electron chi connectivity index (χ1n) is 11.6. The van der Waals surface area contributed by atoms with Gasteiger partial charge in [-0.2, -0.15) is 0 Å². The van der Waals surface area contributed by atoms with Gasteiger partial charge >= 0.3 is 0 Å². The van der Waals surface area contributed by atoms with Gasteiger partial charge in [-0.3, -0.25) is 14.7 Å². The van der Waals surface area contributed by atoms with Crippen molar-refractivity contribution in [2.24, 2.45) is 0 Å². The molecule has 3 heterocycles. The highest BCUT2D eigenvalue weighted by Crippen LogP contribution is 2.40. The van der Waals surface area contributed by atoms with Crippen LogP contribution in [0.4, 0.5) is 0 Å². The van der Waals surface area contributed by atoms with Crippen LogP contribution in [0.25, 0.3) is 11.1 Å². The van der Waals surface area contributed by atoms with Gasteiger partial charge in [-0.15, -0.1) is 0 Å².